The van der Waals surface area contributed by atoms with Crippen LogP contribution in [-0.4, -0.2) is 25.0 Å². The van der Waals surface area contributed by atoms with E-state index < -0.39 is 10.0 Å². The predicted octanol–water partition coefficient (Wildman–Crippen LogP) is 2.53. The molecule has 0 heterocycles. The van der Waals surface area contributed by atoms with Crippen LogP contribution in [0, 0.1) is 6.92 Å². The first-order chi connectivity index (χ1) is 10.9. The van der Waals surface area contributed by atoms with Crippen molar-refractivity contribution in [2.45, 2.75) is 18.7 Å². The van der Waals surface area contributed by atoms with Gasteiger partial charge in [0.05, 0.1) is 10.6 Å². The number of hydrazone groups is 1. The number of rotatable bonds is 5. The molecule has 7 heteroatoms. The molecule has 0 spiro atoms. The Balaban J connectivity index is 2.23. The number of nitrogens with one attached hydrogen (secondary N) is 1. The van der Waals surface area contributed by atoms with Crippen LogP contribution in [-0.2, 0) is 10.0 Å². The largest absolute Gasteiger partial charge is 0.410 e. The summed E-state index contributed by atoms with van der Waals surface area (Å²) in [6.45, 7) is 3.43. The molecule has 2 aromatic rings. The quantitative estimate of drug-likeness (QED) is 0.501. The average molecular weight is 331 g/mol. The Hall–Kier alpha value is -2.67. The molecule has 0 radical (unpaired) electrons. The maximum Gasteiger partial charge on any atom is 0.276 e. The van der Waals surface area contributed by atoms with E-state index in [1.165, 1.54) is 12.1 Å². The maximum atomic E-state index is 12.2. The van der Waals surface area contributed by atoms with Gasteiger partial charge >= 0.3 is 0 Å². The third-order valence-corrected chi connectivity index (χ3v) is 4.38. The number of hydrogen-bond donors (Lipinski definition) is 2. The first-order valence-corrected chi connectivity index (χ1v) is 8.33. The van der Waals surface area contributed by atoms with E-state index >= 15 is 0 Å². The van der Waals surface area contributed by atoms with Gasteiger partial charge in [-0.25, -0.2) is 0 Å². The van der Waals surface area contributed by atoms with E-state index in [0.717, 1.165) is 5.56 Å². The molecule has 2 N–H and O–H groups in total. The molecular weight excluding hydrogens is 314 g/mol. The van der Waals surface area contributed by atoms with Crippen molar-refractivity contribution in [3.8, 4) is 0 Å². The summed E-state index contributed by atoms with van der Waals surface area (Å²) in [5.74, 6) is 0. The van der Waals surface area contributed by atoms with Gasteiger partial charge in [-0.1, -0.05) is 53.2 Å². The summed E-state index contributed by atoms with van der Waals surface area (Å²) < 4.78 is 24.3. The molecule has 0 aliphatic carbocycles. The Kier molecular flexibility index (Phi) is 5.13. The first-order valence-electron chi connectivity index (χ1n) is 6.84. The molecule has 0 aliphatic heterocycles. The van der Waals surface area contributed by atoms with Crippen molar-refractivity contribution in [1.82, 2.24) is 4.83 Å². The molecule has 0 bridgehead atoms. The van der Waals surface area contributed by atoms with Gasteiger partial charge in [-0.3, -0.25) is 0 Å². The van der Waals surface area contributed by atoms with Crippen LogP contribution in [0.1, 0.15) is 18.1 Å². The highest BCUT2D eigenvalue weighted by Crippen LogP contribution is 2.10. The third-order valence-electron chi connectivity index (χ3n) is 3.15. The van der Waals surface area contributed by atoms with Crippen LogP contribution in [0.15, 0.2) is 69.7 Å². The molecule has 23 heavy (non-hydrogen) atoms. The Morgan fingerprint density at radius 2 is 1.65 bits per heavy atom. The zero-order valence-corrected chi connectivity index (χ0v) is 13.6. The fraction of sp³-hybridized carbons (Fsp3) is 0.125. The molecule has 0 amide bonds. The lowest BCUT2D eigenvalue weighted by Crippen LogP contribution is -2.23. The zero-order valence-electron chi connectivity index (χ0n) is 12.8. The van der Waals surface area contributed by atoms with Crippen molar-refractivity contribution < 1.29 is 13.6 Å². The summed E-state index contributed by atoms with van der Waals surface area (Å²) in [6, 6.07) is 15.3. The van der Waals surface area contributed by atoms with Gasteiger partial charge in [-0.2, -0.15) is 18.4 Å². The molecule has 0 atom stereocenters. The van der Waals surface area contributed by atoms with E-state index in [9.17, 15) is 8.42 Å². The third kappa shape index (κ3) is 4.17. The molecule has 0 aliphatic rings. The highest BCUT2D eigenvalue weighted by Gasteiger charge is 2.14. The summed E-state index contributed by atoms with van der Waals surface area (Å²) in [6.07, 6.45) is 0. The summed E-state index contributed by atoms with van der Waals surface area (Å²) in [5, 5.41) is 16.2. The molecule has 0 fully saturated rings. The summed E-state index contributed by atoms with van der Waals surface area (Å²) in [5.41, 5.74) is 2.03. The second kappa shape index (κ2) is 7.06. The first kappa shape index (κ1) is 16.7. The molecule has 120 valence electrons. The van der Waals surface area contributed by atoms with Crippen molar-refractivity contribution in [2.24, 2.45) is 10.3 Å². The van der Waals surface area contributed by atoms with Gasteiger partial charge in [-0.05, 0) is 26.0 Å². The molecule has 2 aromatic carbocycles. The van der Waals surface area contributed by atoms with Crippen molar-refractivity contribution >= 4 is 21.4 Å². The van der Waals surface area contributed by atoms with Gasteiger partial charge in [0.15, 0.2) is 0 Å². The number of aryl methyl sites for hydroxylation is 1. The van der Waals surface area contributed by atoms with E-state index in [0.29, 0.717) is 5.56 Å². The van der Waals surface area contributed by atoms with Crippen molar-refractivity contribution in [3.05, 3.63) is 65.7 Å². The van der Waals surface area contributed by atoms with E-state index in [2.05, 4.69) is 15.1 Å². The van der Waals surface area contributed by atoms with Gasteiger partial charge in [0.2, 0.25) is 0 Å². The predicted molar refractivity (Wildman–Crippen MR) is 89.4 cm³/mol. The standard InChI is InChI=1S/C16H17N3O3S/c1-12-8-10-15(11-9-12)23(21,22)19-17-13(2)16(18-20)14-6-4-3-5-7-14/h3-11,19-20H,1-2H3/b17-13-,18-16+. The summed E-state index contributed by atoms with van der Waals surface area (Å²) in [7, 11) is -3.77. The number of hydrogen-bond acceptors (Lipinski definition) is 5. The van der Waals surface area contributed by atoms with Crippen LogP contribution >= 0.6 is 0 Å². The van der Waals surface area contributed by atoms with Gasteiger partial charge in [0.1, 0.15) is 5.71 Å². The normalized spacial score (nSPS) is 13.0. The second-order valence-corrected chi connectivity index (χ2v) is 6.58. The van der Waals surface area contributed by atoms with Gasteiger partial charge in [0.25, 0.3) is 10.0 Å². The number of oxime groups is 1. The van der Waals surface area contributed by atoms with E-state index in [-0.39, 0.29) is 16.3 Å². The minimum Gasteiger partial charge on any atom is -0.410 e. The summed E-state index contributed by atoms with van der Waals surface area (Å²) in [4.78, 5) is 2.26. The Morgan fingerprint density at radius 1 is 1.04 bits per heavy atom. The highest BCUT2D eigenvalue weighted by molar-refractivity contribution is 7.89. The smallest absolute Gasteiger partial charge is 0.276 e. The monoisotopic (exact) mass is 331 g/mol. The maximum absolute atomic E-state index is 12.2. The lowest BCUT2D eigenvalue weighted by molar-refractivity contribution is 0.320. The lowest BCUT2D eigenvalue weighted by atomic mass is 10.1. The molecule has 2 rings (SSSR count). The molecule has 6 nitrogen and oxygen atoms in total. The van der Waals surface area contributed by atoms with Crippen molar-refractivity contribution in [1.29, 1.82) is 0 Å². The highest BCUT2D eigenvalue weighted by atomic mass is 32.2. The Morgan fingerprint density at radius 3 is 2.22 bits per heavy atom. The molecule has 0 saturated heterocycles. The molecule has 0 saturated carbocycles. The van der Waals surface area contributed by atoms with E-state index in [4.69, 9.17) is 5.21 Å². The van der Waals surface area contributed by atoms with E-state index in [1.54, 1.807) is 43.3 Å². The number of sulfonamides is 1. The fourth-order valence-corrected chi connectivity index (χ4v) is 2.74. The Bertz CT molecular complexity index is 827. The van der Waals surface area contributed by atoms with Crippen molar-refractivity contribution in [3.63, 3.8) is 0 Å². The average Bonchev–Trinajstić information content (AvgIpc) is 2.55. The van der Waals surface area contributed by atoms with Gasteiger partial charge in [0, 0.05) is 5.56 Å². The second-order valence-electron chi connectivity index (χ2n) is 4.92. The molecular formula is C16H17N3O3S. The topological polar surface area (TPSA) is 91.1 Å². The lowest BCUT2D eigenvalue weighted by Gasteiger charge is -2.07. The van der Waals surface area contributed by atoms with E-state index in [1.807, 2.05) is 13.0 Å². The number of nitrogens with zero attached hydrogens (tertiary/aromatic N) is 2. The minimum atomic E-state index is -3.77. The Labute approximate surface area is 135 Å². The van der Waals surface area contributed by atoms with Crippen LogP contribution in [0.2, 0.25) is 0 Å². The van der Waals surface area contributed by atoms with Crippen LogP contribution in [0.3, 0.4) is 0 Å². The van der Waals surface area contributed by atoms with Crippen LogP contribution in [0.25, 0.3) is 0 Å². The van der Waals surface area contributed by atoms with Crippen LogP contribution in [0.5, 0.6) is 0 Å². The number of benzene rings is 2. The van der Waals surface area contributed by atoms with Gasteiger partial charge < -0.3 is 5.21 Å². The molecule has 0 aromatic heterocycles. The SMILES string of the molecule is CC(=N/NS(=O)(=O)c1ccc(C)cc1)/C(=N\O)c1ccccc1. The fourth-order valence-electron chi connectivity index (χ4n) is 1.89. The minimum absolute atomic E-state index is 0.113. The zero-order chi connectivity index (χ0) is 16.9. The van der Waals surface area contributed by atoms with Crippen LogP contribution in [0.4, 0.5) is 0 Å². The van der Waals surface area contributed by atoms with Crippen LogP contribution < -0.4 is 4.83 Å². The summed E-state index contributed by atoms with van der Waals surface area (Å²) >= 11 is 0. The van der Waals surface area contributed by atoms with Gasteiger partial charge in [-0.15, -0.1) is 0 Å². The molecule has 0 unspecified atom stereocenters. The van der Waals surface area contributed by atoms with Crippen molar-refractivity contribution in [2.75, 3.05) is 0 Å².